The molecule has 96 valence electrons. The lowest BCUT2D eigenvalue weighted by Gasteiger charge is -2.19. The van der Waals surface area contributed by atoms with Crippen LogP contribution < -0.4 is 5.32 Å². The van der Waals surface area contributed by atoms with Crippen LogP contribution in [-0.2, 0) is 16.0 Å². The number of nitrogens with one attached hydrogen (secondary N) is 1. The highest BCUT2D eigenvalue weighted by Crippen LogP contribution is 2.40. The van der Waals surface area contributed by atoms with Crippen LogP contribution in [0.15, 0.2) is 12.1 Å². The molecule has 0 bridgehead atoms. The number of carbonyl (C=O) groups excluding carboxylic acids is 1. The molecule has 0 radical (unpaired) electrons. The molecule has 3 rings (SSSR count). The molecule has 18 heavy (non-hydrogen) atoms. The number of alkyl halides is 1. The number of anilines is 1. The molecule has 0 aliphatic carbocycles. The second-order valence-corrected chi connectivity index (χ2v) is 6.10. The van der Waals surface area contributed by atoms with Crippen LogP contribution in [0.3, 0.4) is 0 Å². The fourth-order valence-electron chi connectivity index (χ4n) is 2.51. The van der Waals surface area contributed by atoms with Crippen LogP contribution in [0.2, 0.25) is 5.02 Å². The maximum atomic E-state index is 11.4. The molecule has 2 heterocycles. The van der Waals surface area contributed by atoms with Crippen molar-refractivity contribution in [2.24, 2.45) is 0 Å². The Labute approximate surface area is 119 Å². The standard InChI is InChI=1S/C13H13BrClNO2/c14-13(11-2-1-3-18-11)8-4-7-5-12(17)16-10(7)6-9(8)15/h4,6,11,13H,1-3,5H2,(H,16,17). The Hall–Kier alpha value is -0.580. The Balaban J connectivity index is 1.92. The molecule has 1 N–H and O–H groups in total. The molecule has 2 aliphatic rings. The summed E-state index contributed by atoms with van der Waals surface area (Å²) in [7, 11) is 0. The summed E-state index contributed by atoms with van der Waals surface area (Å²) in [6, 6.07) is 3.84. The number of halogens is 2. The van der Waals surface area contributed by atoms with Crippen LogP contribution in [0.1, 0.15) is 28.8 Å². The fraction of sp³-hybridized carbons (Fsp3) is 0.462. The van der Waals surface area contributed by atoms with Crippen molar-refractivity contribution in [2.45, 2.75) is 30.2 Å². The third-order valence-corrected chi connectivity index (χ3v) is 4.85. The third-order valence-electron chi connectivity index (χ3n) is 3.44. The van der Waals surface area contributed by atoms with Crippen molar-refractivity contribution < 1.29 is 9.53 Å². The molecular formula is C13H13BrClNO2. The van der Waals surface area contributed by atoms with Crippen LogP contribution in [0.4, 0.5) is 5.69 Å². The molecular weight excluding hydrogens is 318 g/mol. The molecule has 2 unspecified atom stereocenters. The van der Waals surface area contributed by atoms with Gasteiger partial charge in [-0.1, -0.05) is 33.6 Å². The van der Waals surface area contributed by atoms with E-state index in [-0.39, 0.29) is 16.8 Å². The lowest BCUT2D eigenvalue weighted by atomic mass is 10.0. The van der Waals surface area contributed by atoms with E-state index in [9.17, 15) is 4.79 Å². The summed E-state index contributed by atoms with van der Waals surface area (Å²) < 4.78 is 5.68. The zero-order valence-corrected chi connectivity index (χ0v) is 12.1. The minimum Gasteiger partial charge on any atom is -0.377 e. The number of rotatable bonds is 2. The summed E-state index contributed by atoms with van der Waals surface area (Å²) in [5, 5.41) is 3.48. The Morgan fingerprint density at radius 1 is 1.50 bits per heavy atom. The molecule has 1 aromatic rings. The molecule has 1 saturated heterocycles. The molecule has 1 amide bonds. The number of hydrogen-bond acceptors (Lipinski definition) is 2. The first kappa shape index (κ1) is 12.5. The van der Waals surface area contributed by atoms with Gasteiger partial charge in [-0.05, 0) is 30.0 Å². The van der Waals surface area contributed by atoms with Crippen LogP contribution >= 0.6 is 27.5 Å². The van der Waals surface area contributed by atoms with E-state index in [0.717, 1.165) is 36.3 Å². The molecule has 3 nitrogen and oxygen atoms in total. The SMILES string of the molecule is O=C1Cc2cc(C(Br)C3CCCO3)c(Cl)cc2N1. The van der Waals surface area contributed by atoms with Gasteiger partial charge in [-0.2, -0.15) is 0 Å². The zero-order chi connectivity index (χ0) is 12.7. The van der Waals surface area contributed by atoms with Crippen LogP contribution in [0, 0.1) is 0 Å². The zero-order valence-electron chi connectivity index (χ0n) is 9.71. The maximum Gasteiger partial charge on any atom is 0.228 e. The van der Waals surface area contributed by atoms with E-state index in [4.69, 9.17) is 16.3 Å². The molecule has 1 aromatic carbocycles. The average Bonchev–Trinajstić information content (AvgIpc) is 2.94. The van der Waals surface area contributed by atoms with Gasteiger partial charge in [0.05, 0.1) is 17.4 Å². The van der Waals surface area contributed by atoms with Crippen molar-refractivity contribution in [1.82, 2.24) is 0 Å². The summed E-state index contributed by atoms with van der Waals surface area (Å²) >= 11 is 9.96. The Kier molecular flexibility index (Phi) is 3.34. The third kappa shape index (κ3) is 2.17. The highest BCUT2D eigenvalue weighted by molar-refractivity contribution is 9.09. The van der Waals surface area contributed by atoms with Crippen molar-refractivity contribution in [3.63, 3.8) is 0 Å². The summed E-state index contributed by atoms with van der Waals surface area (Å²) in [6.45, 7) is 0.815. The normalized spacial score (nSPS) is 23.9. The van der Waals surface area contributed by atoms with Crippen molar-refractivity contribution in [1.29, 1.82) is 0 Å². The molecule has 5 heteroatoms. The van der Waals surface area contributed by atoms with E-state index in [0.29, 0.717) is 11.4 Å². The van der Waals surface area contributed by atoms with Gasteiger partial charge in [-0.15, -0.1) is 0 Å². The lowest BCUT2D eigenvalue weighted by Crippen LogP contribution is -2.12. The van der Waals surface area contributed by atoms with E-state index in [2.05, 4.69) is 21.2 Å². The van der Waals surface area contributed by atoms with Gasteiger partial charge in [0.25, 0.3) is 0 Å². The summed E-state index contributed by atoms with van der Waals surface area (Å²) in [5.74, 6) is 0.0291. The lowest BCUT2D eigenvalue weighted by molar-refractivity contribution is -0.115. The van der Waals surface area contributed by atoms with Gasteiger partial charge in [0, 0.05) is 17.3 Å². The Bertz CT molecular complexity index is 500. The fourth-order valence-corrected chi connectivity index (χ4v) is 3.72. The molecule has 2 aliphatic heterocycles. The maximum absolute atomic E-state index is 11.4. The smallest absolute Gasteiger partial charge is 0.228 e. The van der Waals surface area contributed by atoms with Crippen LogP contribution in [0.5, 0.6) is 0 Å². The van der Waals surface area contributed by atoms with Gasteiger partial charge in [0.15, 0.2) is 0 Å². The van der Waals surface area contributed by atoms with E-state index in [1.807, 2.05) is 12.1 Å². The summed E-state index contributed by atoms with van der Waals surface area (Å²) in [5.41, 5.74) is 2.86. The second kappa shape index (κ2) is 4.83. The van der Waals surface area contributed by atoms with Gasteiger partial charge < -0.3 is 10.1 Å². The first-order valence-electron chi connectivity index (χ1n) is 6.03. The van der Waals surface area contributed by atoms with E-state index in [1.54, 1.807) is 0 Å². The molecule has 0 spiro atoms. The van der Waals surface area contributed by atoms with Gasteiger partial charge in [-0.25, -0.2) is 0 Å². The van der Waals surface area contributed by atoms with Crippen molar-refractivity contribution in [3.05, 3.63) is 28.3 Å². The largest absolute Gasteiger partial charge is 0.377 e. The van der Waals surface area contributed by atoms with Gasteiger partial charge in [0.1, 0.15) is 0 Å². The minimum atomic E-state index is 0.0291. The number of hydrogen-bond donors (Lipinski definition) is 1. The summed E-state index contributed by atoms with van der Waals surface area (Å²) in [6.07, 6.45) is 2.74. The first-order chi connectivity index (χ1) is 8.65. The Morgan fingerprint density at radius 3 is 3.06 bits per heavy atom. The van der Waals surface area contributed by atoms with Crippen molar-refractivity contribution in [3.8, 4) is 0 Å². The van der Waals surface area contributed by atoms with Gasteiger partial charge in [-0.3, -0.25) is 4.79 Å². The number of ether oxygens (including phenoxy) is 1. The minimum absolute atomic E-state index is 0.0291. The number of fused-ring (bicyclic) bond motifs is 1. The highest BCUT2D eigenvalue weighted by atomic mass is 79.9. The van der Waals surface area contributed by atoms with E-state index < -0.39 is 0 Å². The molecule has 1 fully saturated rings. The van der Waals surface area contributed by atoms with Crippen molar-refractivity contribution in [2.75, 3.05) is 11.9 Å². The second-order valence-electron chi connectivity index (χ2n) is 4.71. The molecule has 0 saturated carbocycles. The first-order valence-corrected chi connectivity index (χ1v) is 7.32. The van der Waals surface area contributed by atoms with Crippen molar-refractivity contribution >= 4 is 39.1 Å². The number of amides is 1. The van der Waals surface area contributed by atoms with Crippen LogP contribution in [-0.4, -0.2) is 18.6 Å². The highest BCUT2D eigenvalue weighted by Gasteiger charge is 2.28. The monoisotopic (exact) mass is 329 g/mol. The van der Waals surface area contributed by atoms with Crippen LogP contribution in [0.25, 0.3) is 0 Å². The number of carbonyl (C=O) groups is 1. The average molecular weight is 331 g/mol. The predicted octanol–water partition coefficient (Wildman–Crippen LogP) is 3.45. The molecule has 0 aromatic heterocycles. The quantitative estimate of drug-likeness (QED) is 0.844. The summed E-state index contributed by atoms with van der Waals surface area (Å²) in [4.78, 5) is 11.4. The van der Waals surface area contributed by atoms with Gasteiger partial charge >= 0.3 is 0 Å². The predicted molar refractivity (Wildman–Crippen MR) is 74.4 cm³/mol. The van der Waals surface area contributed by atoms with E-state index >= 15 is 0 Å². The topological polar surface area (TPSA) is 38.3 Å². The van der Waals surface area contributed by atoms with E-state index in [1.165, 1.54) is 0 Å². The Morgan fingerprint density at radius 2 is 2.33 bits per heavy atom. The molecule has 2 atom stereocenters. The number of benzene rings is 1. The van der Waals surface area contributed by atoms with Gasteiger partial charge in [0.2, 0.25) is 5.91 Å².